The van der Waals surface area contributed by atoms with Crippen molar-refractivity contribution < 1.29 is 9.53 Å². The predicted octanol–water partition coefficient (Wildman–Crippen LogP) is 1.07. The first-order chi connectivity index (χ1) is 10.7. The molecule has 3 rings (SSSR count). The molecule has 7 heteroatoms. The number of carbonyl (C=O) groups excluding carboxylic acids is 1. The number of aryl methyl sites for hydroxylation is 1. The number of anilines is 1. The molecule has 0 bridgehead atoms. The Bertz CT molecular complexity index is 669. The van der Waals surface area contributed by atoms with Crippen LogP contribution in [0, 0.1) is 0 Å². The minimum absolute atomic E-state index is 0.0296. The molecule has 1 saturated heterocycles. The maximum atomic E-state index is 12.6. The molecule has 0 radical (unpaired) electrons. The smallest absolute Gasteiger partial charge is 0.272 e. The lowest BCUT2D eigenvalue weighted by atomic mass is 10.1. The van der Waals surface area contributed by atoms with E-state index in [9.17, 15) is 4.79 Å². The summed E-state index contributed by atoms with van der Waals surface area (Å²) in [5.41, 5.74) is 1.41. The SMILES string of the molecule is CNc1cccc(C2CN(C(=O)c3ccnn3C)CCO2)n1. The van der Waals surface area contributed by atoms with E-state index in [4.69, 9.17) is 4.74 Å². The lowest BCUT2D eigenvalue weighted by Crippen LogP contribution is -2.43. The molecule has 1 unspecified atom stereocenters. The molecule has 0 spiro atoms. The van der Waals surface area contributed by atoms with Crippen LogP contribution in [-0.2, 0) is 11.8 Å². The molecule has 7 nitrogen and oxygen atoms in total. The summed E-state index contributed by atoms with van der Waals surface area (Å²) in [6.07, 6.45) is 1.42. The van der Waals surface area contributed by atoms with Crippen molar-refractivity contribution in [3.05, 3.63) is 41.9 Å². The lowest BCUT2D eigenvalue weighted by Gasteiger charge is -2.32. The topological polar surface area (TPSA) is 72.3 Å². The van der Waals surface area contributed by atoms with E-state index in [0.29, 0.717) is 25.4 Å². The highest BCUT2D eigenvalue weighted by atomic mass is 16.5. The van der Waals surface area contributed by atoms with Crippen LogP contribution in [0.3, 0.4) is 0 Å². The molecule has 1 N–H and O–H groups in total. The normalized spacial score (nSPS) is 18.3. The average Bonchev–Trinajstić information content (AvgIpc) is 3.00. The van der Waals surface area contributed by atoms with Gasteiger partial charge in [0.15, 0.2) is 0 Å². The highest BCUT2D eigenvalue weighted by Crippen LogP contribution is 2.22. The Hall–Kier alpha value is -2.41. The van der Waals surface area contributed by atoms with Gasteiger partial charge in [-0.15, -0.1) is 0 Å². The molecular weight excluding hydrogens is 282 g/mol. The monoisotopic (exact) mass is 301 g/mol. The molecule has 1 atom stereocenters. The van der Waals surface area contributed by atoms with E-state index in [1.54, 1.807) is 28.9 Å². The summed E-state index contributed by atoms with van der Waals surface area (Å²) in [5.74, 6) is 0.759. The first kappa shape index (κ1) is 14.5. The van der Waals surface area contributed by atoms with Crippen molar-refractivity contribution in [1.82, 2.24) is 19.7 Å². The minimum Gasteiger partial charge on any atom is -0.373 e. The summed E-state index contributed by atoms with van der Waals surface area (Å²) in [5, 5.41) is 7.06. The maximum absolute atomic E-state index is 12.6. The third-order valence-electron chi connectivity index (χ3n) is 3.75. The number of amides is 1. The fourth-order valence-electron chi connectivity index (χ4n) is 2.53. The van der Waals surface area contributed by atoms with Gasteiger partial charge in [0.1, 0.15) is 17.6 Å². The molecule has 1 aliphatic heterocycles. The van der Waals surface area contributed by atoms with Crippen LogP contribution in [-0.4, -0.2) is 52.3 Å². The Kier molecular flexibility index (Phi) is 4.06. The third-order valence-corrected chi connectivity index (χ3v) is 3.75. The molecular formula is C15H19N5O2. The van der Waals surface area contributed by atoms with Gasteiger partial charge >= 0.3 is 0 Å². The van der Waals surface area contributed by atoms with E-state index in [0.717, 1.165) is 11.5 Å². The van der Waals surface area contributed by atoms with E-state index in [-0.39, 0.29) is 12.0 Å². The van der Waals surface area contributed by atoms with Crippen molar-refractivity contribution in [2.75, 3.05) is 32.1 Å². The van der Waals surface area contributed by atoms with Crippen LogP contribution in [0.4, 0.5) is 5.82 Å². The van der Waals surface area contributed by atoms with Crippen LogP contribution in [0.5, 0.6) is 0 Å². The number of ether oxygens (including phenoxy) is 1. The fraction of sp³-hybridized carbons (Fsp3) is 0.400. The Morgan fingerprint density at radius 2 is 2.27 bits per heavy atom. The lowest BCUT2D eigenvalue weighted by molar-refractivity contribution is -0.0250. The molecule has 0 aliphatic carbocycles. The van der Waals surface area contributed by atoms with E-state index < -0.39 is 0 Å². The van der Waals surface area contributed by atoms with Crippen molar-refractivity contribution in [2.45, 2.75) is 6.10 Å². The van der Waals surface area contributed by atoms with E-state index in [1.807, 2.05) is 25.2 Å². The van der Waals surface area contributed by atoms with Crippen molar-refractivity contribution in [2.24, 2.45) is 7.05 Å². The fourth-order valence-corrected chi connectivity index (χ4v) is 2.53. The summed E-state index contributed by atoms with van der Waals surface area (Å²) < 4.78 is 7.37. The van der Waals surface area contributed by atoms with Gasteiger partial charge in [-0.05, 0) is 18.2 Å². The number of hydrogen-bond donors (Lipinski definition) is 1. The molecule has 0 saturated carbocycles. The summed E-state index contributed by atoms with van der Waals surface area (Å²) in [6, 6.07) is 7.47. The quantitative estimate of drug-likeness (QED) is 0.918. The van der Waals surface area contributed by atoms with Crippen LogP contribution in [0.25, 0.3) is 0 Å². The minimum atomic E-state index is -0.209. The number of carbonyl (C=O) groups is 1. The Labute approximate surface area is 128 Å². The van der Waals surface area contributed by atoms with Gasteiger partial charge in [-0.2, -0.15) is 5.10 Å². The van der Waals surface area contributed by atoms with Crippen LogP contribution < -0.4 is 5.32 Å². The number of hydrogen-bond acceptors (Lipinski definition) is 5. The number of morpholine rings is 1. The van der Waals surface area contributed by atoms with Crippen molar-refractivity contribution in [1.29, 1.82) is 0 Å². The molecule has 0 aromatic carbocycles. The number of aromatic nitrogens is 3. The van der Waals surface area contributed by atoms with Crippen molar-refractivity contribution in [3.8, 4) is 0 Å². The maximum Gasteiger partial charge on any atom is 0.272 e. The molecule has 2 aromatic rings. The van der Waals surface area contributed by atoms with E-state index >= 15 is 0 Å². The molecule has 1 aliphatic rings. The first-order valence-electron chi connectivity index (χ1n) is 7.22. The molecule has 1 fully saturated rings. The average molecular weight is 301 g/mol. The summed E-state index contributed by atoms with van der Waals surface area (Å²) >= 11 is 0. The van der Waals surface area contributed by atoms with Gasteiger partial charge in [-0.25, -0.2) is 4.98 Å². The predicted molar refractivity (Wildman–Crippen MR) is 81.6 cm³/mol. The van der Waals surface area contributed by atoms with E-state index in [1.165, 1.54) is 0 Å². The second-order valence-electron chi connectivity index (χ2n) is 5.15. The summed E-state index contributed by atoms with van der Waals surface area (Å²) in [7, 11) is 3.59. The molecule has 2 aromatic heterocycles. The Morgan fingerprint density at radius 3 is 3.00 bits per heavy atom. The number of pyridine rings is 1. The number of nitrogens with one attached hydrogen (secondary N) is 1. The van der Waals surface area contributed by atoms with Gasteiger partial charge in [-0.3, -0.25) is 9.48 Å². The molecule has 3 heterocycles. The zero-order chi connectivity index (χ0) is 15.5. The van der Waals surface area contributed by atoms with Crippen LogP contribution in [0.15, 0.2) is 30.5 Å². The van der Waals surface area contributed by atoms with Gasteiger partial charge in [0.25, 0.3) is 5.91 Å². The Balaban J connectivity index is 1.76. The Morgan fingerprint density at radius 1 is 1.41 bits per heavy atom. The van der Waals surface area contributed by atoms with E-state index in [2.05, 4.69) is 15.4 Å². The van der Waals surface area contributed by atoms with Gasteiger partial charge in [0.05, 0.1) is 18.8 Å². The summed E-state index contributed by atoms with van der Waals surface area (Å²) in [4.78, 5) is 18.8. The number of nitrogens with zero attached hydrogens (tertiary/aromatic N) is 4. The highest BCUT2D eigenvalue weighted by molar-refractivity contribution is 5.92. The van der Waals surface area contributed by atoms with Gasteiger partial charge in [-0.1, -0.05) is 6.07 Å². The zero-order valence-corrected chi connectivity index (χ0v) is 12.7. The van der Waals surface area contributed by atoms with Gasteiger partial charge < -0.3 is 15.0 Å². The van der Waals surface area contributed by atoms with Gasteiger partial charge in [0, 0.05) is 26.8 Å². The van der Waals surface area contributed by atoms with Crippen molar-refractivity contribution >= 4 is 11.7 Å². The zero-order valence-electron chi connectivity index (χ0n) is 12.7. The standard InChI is InChI=1S/C15H19N5O2/c1-16-14-5-3-4-11(18-14)13-10-20(8-9-22-13)15(21)12-6-7-17-19(12)2/h3-7,13H,8-10H2,1-2H3,(H,16,18). The van der Waals surface area contributed by atoms with Crippen LogP contribution >= 0.6 is 0 Å². The largest absolute Gasteiger partial charge is 0.373 e. The third kappa shape index (κ3) is 2.80. The second-order valence-corrected chi connectivity index (χ2v) is 5.15. The second kappa shape index (κ2) is 6.15. The summed E-state index contributed by atoms with van der Waals surface area (Å²) in [6.45, 7) is 1.57. The number of rotatable bonds is 3. The van der Waals surface area contributed by atoms with Crippen LogP contribution in [0.2, 0.25) is 0 Å². The molecule has 22 heavy (non-hydrogen) atoms. The van der Waals surface area contributed by atoms with Gasteiger partial charge in [0.2, 0.25) is 0 Å². The highest BCUT2D eigenvalue weighted by Gasteiger charge is 2.28. The molecule has 116 valence electrons. The molecule has 1 amide bonds. The van der Waals surface area contributed by atoms with Crippen LogP contribution in [0.1, 0.15) is 22.3 Å². The van der Waals surface area contributed by atoms with Crippen molar-refractivity contribution in [3.63, 3.8) is 0 Å². The first-order valence-corrected chi connectivity index (χ1v) is 7.22.